The lowest BCUT2D eigenvalue weighted by Crippen LogP contribution is -2.10. The molecule has 120 valence electrons. The van der Waals surface area contributed by atoms with Crippen molar-refractivity contribution in [3.8, 4) is 17.3 Å². The Kier molecular flexibility index (Phi) is 6.08. The van der Waals surface area contributed by atoms with Gasteiger partial charge in [-0.3, -0.25) is 4.79 Å². The van der Waals surface area contributed by atoms with E-state index in [4.69, 9.17) is 5.26 Å². The van der Waals surface area contributed by atoms with Gasteiger partial charge >= 0.3 is 6.18 Å². The van der Waals surface area contributed by atoms with E-state index in [2.05, 4.69) is 19.9 Å². The fraction of sp³-hybridized carbons (Fsp3) is 0.231. The Morgan fingerprint density at radius 1 is 1.17 bits per heavy atom. The van der Waals surface area contributed by atoms with E-state index in [1.54, 1.807) is 20.2 Å². The summed E-state index contributed by atoms with van der Waals surface area (Å²) < 4.78 is 36.7. The van der Waals surface area contributed by atoms with Gasteiger partial charge in [0, 0.05) is 38.1 Å². The molecule has 2 heterocycles. The highest BCUT2D eigenvalue weighted by atomic mass is 19.4. The van der Waals surface area contributed by atoms with Crippen LogP contribution in [0.1, 0.15) is 11.5 Å². The molecule has 0 N–H and O–H groups in total. The Bertz CT molecular complexity index is 694. The topological polar surface area (TPSA) is 95.7 Å². The molecule has 10 heteroatoms. The highest BCUT2D eigenvalue weighted by Crippen LogP contribution is 2.26. The lowest BCUT2D eigenvalue weighted by molar-refractivity contribution is -0.145. The number of aromatic nitrogens is 4. The molecule has 0 spiro atoms. The van der Waals surface area contributed by atoms with Crippen LogP contribution in [-0.4, -0.2) is 45.3 Å². The monoisotopic (exact) mass is 324 g/mol. The van der Waals surface area contributed by atoms with E-state index in [1.807, 2.05) is 0 Å². The first kappa shape index (κ1) is 18.0. The molecule has 0 saturated heterocycles. The minimum Gasteiger partial charge on any atom is -0.351 e. The minimum absolute atomic E-state index is 0.111. The number of nitrogens with zero attached hydrogens (tertiary/aromatic N) is 6. The number of hydrogen-bond acceptors (Lipinski definition) is 6. The van der Waals surface area contributed by atoms with E-state index in [9.17, 15) is 18.0 Å². The normalized spacial score (nSPS) is 10.1. The molecule has 0 bridgehead atoms. The number of alkyl halides is 3. The maximum absolute atomic E-state index is 12.2. The molecule has 1 amide bonds. The highest BCUT2D eigenvalue weighted by Gasteiger charge is 2.34. The molecule has 0 aromatic carbocycles. The third kappa shape index (κ3) is 5.66. The second-order valence-electron chi connectivity index (χ2n) is 4.26. The van der Waals surface area contributed by atoms with Crippen LogP contribution in [0, 0.1) is 11.3 Å². The fourth-order valence-electron chi connectivity index (χ4n) is 1.18. The van der Waals surface area contributed by atoms with Gasteiger partial charge in [-0.05, 0) is 0 Å². The molecule has 0 radical (unpaired) electrons. The van der Waals surface area contributed by atoms with Gasteiger partial charge in [0.15, 0.2) is 0 Å². The van der Waals surface area contributed by atoms with Crippen molar-refractivity contribution in [3.63, 3.8) is 0 Å². The van der Waals surface area contributed by atoms with Gasteiger partial charge in [-0.25, -0.2) is 19.9 Å². The average molecular weight is 324 g/mol. The maximum atomic E-state index is 12.2. The van der Waals surface area contributed by atoms with Crippen molar-refractivity contribution in [1.82, 2.24) is 24.8 Å². The maximum Gasteiger partial charge on any atom is 0.451 e. The quantitative estimate of drug-likeness (QED) is 0.777. The summed E-state index contributed by atoms with van der Waals surface area (Å²) in [5.74, 6) is -1.22. The van der Waals surface area contributed by atoms with Crippen LogP contribution in [0.3, 0.4) is 0 Å². The van der Waals surface area contributed by atoms with Crippen molar-refractivity contribution in [2.24, 2.45) is 0 Å². The lowest BCUT2D eigenvalue weighted by atomic mass is 10.2. The van der Waals surface area contributed by atoms with Crippen LogP contribution >= 0.6 is 0 Å². The molecule has 2 rings (SSSR count). The van der Waals surface area contributed by atoms with Crippen molar-refractivity contribution in [1.29, 1.82) is 5.26 Å². The van der Waals surface area contributed by atoms with Crippen LogP contribution < -0.4 is 0 Å². The summed E-state index contributed by atoms with van der Waals surface area (Å²) in [5.41, 5.74) is 0.678. The zero-order valence-electron chi connectivity index (χ0n) is 12.1. The van der Waals surface area contributed by atoms with E-state index >= 15 is 0 Å². The van der Waals surface area contributed by atoms with Gasteiger partial charge in [-0.15, -0.1) is 0 Å². The predicted molar refractivity (Wildman–Crippen MR) is 72.5 cm³/mol. The van der Waals surface area contributed by atoms with Gasteiger partial charge in [0.25, 0.3) is 0 Å². The summed E-state index contributed by atoms with van der Waals surface area (Å²) in [6.45, 7) is 0. The largest absolute Gasteiger partial charge is 0.451 e. The second kappa shape index (κ2) is 7.79. The molecule has 0 atom stereocenters. The highest BCUT2D eigenvalue weighted by molar-refractivity contribution is 5.57. The first-order valence-electron chi connectivity index (χ1n) is 6.01. The zero-order chi connectivity index (χ0) is 17.5. The van der Waals surface area contributed by atoms with E-state index in [0.29, 0.717) is 0 Å². The Balaban J connectivity index is 0.000000463. The Morgan fingerprint density at radius 2 is 1.74 bits per heavy atom. The number of rotatable bonds is 2. The van der Waals surface area contributed by atoms with Crippen molar-refractivity contribution >= 4 is 6.41 Å². The van der Waals surface area contributed by atoms with E-state index in [1.165, 1.54) is 11.0 Å². The van der Waals surface area contributed by atoms with Crippen molar-refractivity contribution in [2.45, 2.75) is 6.18 Å². The first-order chi connectivity index (χ1) is 10.8. The van der Waals surface area contributed by atoms with Gasteiger partial charge in [0.05, 0.1) is 5.69 Å². The molecule has 2 aromatic rings. The molecule has 7 nitrogen and oxygen atoms in total. The van der Waals surface area contributed by atoms with Gasteiger partial charge in [-0.2, -0.15) is 18.4 Å². The number of carbonyl (C=O) groups is 1. The number of nitriles is 1. The molecule has 0 aliphatic rings. The molecule has 2 aromatic heterocycles. The van der Waals surface area contributed by atoms with Gasteiger partial charge in [-0.1, -0.05) is 0 Å². The molecule has 0 unspecified atom stereocenters. The van der Waals surface area contributed by atoms with Crippen LogP contribution in [0.25, 0.3) is 11.3 Å². The third-order valence-electron chi connectivity index (χ3n) is 2.19. The summed E-state index contributed by atoms with van der Waals surface area (Å²) in [4.78, 5) is 24.8. The van der Waals surface area contributed by atoms with Gasteiger partial charge < -0.3 is 4.90 Å². The molecular weight excluding hydrogens is 313 g/mol. The summed E-state index contributed by atoms with van der Waals surface area (Å²) in [7, 11) is 3.38. The smallest absolute Gasteiger partial charge is 0.351 e. The molecule has 0 saturated carbocycles. The molecule has 23 heavy (non-hydrogen) atoms. The zero-order valence-corrected chi connectivity index (χ0v) is 12.1. The predicted octanol–water partition coefficient (Wildman–Crippen LogP) is 1.53. The lowest BCUT2D eigenvalue weighted by Gasteiger charge is -2.04. The Morgan fingerprint density at radius 3 is 2.17 bits per heavy atom. The summed E-state index contributed by atoms with van der Waals surface area (Å²) >= 11 is 0. The van der Waals surface area contributed by atoms with Crippen LogP contribution in [0.5, 0.6) is 0 Å². The molecule has 0 fully saturated rings. The fourth-order valence-corrected chi connectivity index (χ4v) is 1.18. The van der Waals surface area contributed by atoms with Crippen molar-refractivity contribution < 1.29 is 18.0 Å². The number of carbonyl (C=O) groups excluding carboxylic acids is 1. The average Bonchev–Trinajstić information content (AvgIpc) is 2.54. The Hall–Kier alpha value is -3.09. The molecular formula is C13H11F3N6O. The summed E-state index contributed by atoms with van der Waals surface area (Å²) in [5, 5.41) is 8.64. The number of amides is 1. The van der Waals surface area contributed by atoms with Crippen LogP contribution in [-0.2, 0) is 11.0 Å². The van der Waals surface area contributed by atoms with Crippen molar-refractivity contribution in [2.75, 3.05) is 14.1 Å². The van der Waals surface area contributed by atoms with Gasteiger partial charge in [0.2, 0.25) is 12.2 Å². The SMILES string of the molecule is CN(C)C=O.N#Cc1cc(-c2cnc(C(F)(F)F)nc2)ncn1. The van der Waals surface area contributed by atoms with Crippen LogP contribution in [0.2, 0.25) is 0 Å². The summed E-state index contributed by atoms with van der Waals surface area (Å²) in [6.07, 6.45) is -0.688. The molecule has 0 aliphatic carbocycles. The Labute approximate surface area is 129 Å². The van der Waals surface area contributed by atoms with Crippen LogP contribution in [0.15, 0.2) is 24.8 Å². The van der Waals surface area contributed by atoms with Crippen molar-refractivity contribution in [3.05, 3.63) is 36.3 Å². The minimum atomic E-state index is -4.58. The number of hydrogen-bond donors (Lipinski definition) is 0. The standard InChI is InChI=1S/C10H4F3N5.C3H7NO/c11-10(12,13)9-15-3-6(4-16-9)8-1-7(2-14)17-5-18-8;1-4(2)3-5/h1,3-5H;3H,1-2H3. The first-order valence-corrected chi connectivity index (χ1v) is 6.01. The number of halogens is 3. The molecule has 0 aliphatic heterocycles. The van der Waals surface area contributed by atoms with E-state index in [-0.39, 0.29) is 17.0 Å². The summed E-state index contributed by atoms with van der Waals surface area (Å²) in [6, 6.07) is 3.14. The van der Waals surface area contributed by atoms with E-state index < -0.39 is 12.0 Å². The van der Waals surface area contributed by atoms with Crippen LogP contribution in [0.4, 0.5) is 13.2 Å². The second-order valence-corrected chi connectivity index (χ2v) is 4.26. The van der Waals surface area contributed by atoms with Gasteiger partial charge in [0.1, 0.15) is 18.1 Å². The third-order valence-corrected chi connectivity index (χ3v) is 2.19. The van der Waals surface area contributed by atoms with E-state index in [0.717, 1.165) is 25.1 Å².